The van der Waals surface area contributed by atoms with Gasteiger partial charge in [0.1, 0.15) is 11.6 Å². The third-order valence-electron chi connectivity index (χ3n) is 4.99. The monoisotopic (exact) mass is 396 g/mol. The number of hydrogen-bond acceptors (Lipinski definition) is 6. The zero-order chi connectivity index (χ0) is 20.6. The topological polar surface area (TPSA) is 74.8 Å². The number of ketones is 1. The van der Waals surface area contributed by atoms with Gasteiger partial charge in [-0.2, -0.15) is 0 Å². The second-order valence-electron chi connectivity index (χ2n) is 7.18. The third kappa shape index (κ3) is 6.02. The molecule has 29 heavy (non-hydrogen) atoms. The van der Waals surface area contributed by atoms with Crippen molar-refractivity contribution in [3.63, 3.8) is 0 Å². The van der Waals surface area contributed by atoms with Crippen LogP contribution in [0.2, 0.25) is 0 Å². The molecule has 2 aromatic rings. The number of ether oxygens (including phenoxy) is 1. The van der Waals surface area contributed by atoms with Crippen LogP contribution in [0.15, 0.2) is 42.6 Å². The van der Waals surface area contributed by atoms with Gasteiger partial charge in [0.25, 0.3) is 5.91 Å². The molecule has 7 nitrogen and oxygen atoms in total. The first-order chi connectivity index (χ1) is 14.0. The smallest absolute Gasteiger partial charge is 0.258 e. The average molecular weight is 396 g/mol. The molecule has 0 bridgehead atoms. The summed E-state index contributed by atoms with van der Waals surface area (Å²) in [6, 6.07) is 10.8. The summed E-state index contributed by atoms with van der Waals surface area (Å²) in [7, 11) is 2.13. The van der Waals surface area contributed by atoms with Crippen LogP contribution in [-0.4, -0.2) is 61.4 Å². The van der Waals surface area contributed by atoms with Crippen LogP contribution < -0.4 is 15.0 Å². The first-order valence-corrected chi connectivity index (χ1v) is 9.96. The zero-order valence-corrected chi connectivity index (χ0v) is 17.1. The Hall–Kier alpha value is -2.93. The van der Waals surface area contributed by atoms with Crippen LogP contribution in [0.1, 0.15) is 29.3 Å². The molecule has 1 N–H and O–H groups in total. The van der Waals surface area contributed by atoms with Crippen LogP contribution in [0.5, 0.6) is 5.75 Å². The normalized spacial score (nSPS) is 14.5. The number of nitrogens with one attached hydrogen (secondary N) is 1. The van der Waals surface area contributed by atoms with Crippen LogP contribution in [-0.2, 0) is 11.3 Å². The van der Waals surface area contributed by atoms with Crippen molar-refractivity contribution >= 4 is 17.5 Å². The molecule has 0 unspecified atom stereocenters. The van der Waals surface area contributed by atoms with E-state index in [1.807, 2.05) is 19.1 Å². The molecule has 1 aliphatic rings. The number of benzene rings is 1. The number of amides is 1. The lowest BCUT2D eigenvalue weighted by Crippen LogP contribution is -2.44. The summed E-state index contributed by atoms with van der Waals surface area (Å²) in [5.41, 5.74) is 1.59. The molecule has 1 fully saturated rings. The van der Waals surface area contributed by atoms with Crippen molar-refractivity contribution in [1.29, 1.82) is 0 Å². The average Bonchev–Trinajstić information content (AvgIpc) is 2.77. The largest absolute Gasteiger partial charge is 0.484 e. The van der Waals surface area contributed by atoms with Crippen molar-refractivity contribution in [2.75, 3.05) is 44.7 Å². The summed E-state index contributed by atoms with van der Waals surface area (Å²) in [4.78, 5) is 32.8. The quantitative estimate of drug-likeness (QED) is 0.689. The molecule has 1 aliphatic heterocycles. The summed E-state index contributed by atoms with van der Waals surface area (Å²) in [5, 5.41) is 2.83. The first kappa shape index (κ1) is 20.8. The van der Waals surface area contributed by atoms with Crippen LogP contribution in [0.4, 0.5) is 5.82 Å². The number of piperazine rings is 1. The Morgan fingerprint density at radius 3 is 2.41 bits per heavy atom. The maximum atomic E-state index is 12.0. The molecule has 0 aliphatic carbocycles. The second kappa shape index (κ2) is 10.0. The SMILES string of the molecule is CCC(=O)c1ccc(OCC(=O)NCc2ccc(N3CCN(C)CC3)nc2)cc1. The highest BCUT2D eigenvalue weighted by atomic mass is 16.5. The molecule has 1 amide bonds. The first-order valence-electron chi connectivity index (χ1n) is 9.96. The summed E-state index contributed by atoms with van der Waals surface area (Å²) >= 11 is 0. The van der Waals surface area contributed by atoms with Gasteiger partial charge < -0.3 is 19.9 Å². The Bertz CT molecular complexity index is 813. The highest BCUT2D eigenvalue weighted by molar-refractivity contribution is 5.95. The summed E-state index contributed by atoms with van der Waals surface area (Å²) in [5.74, 6) is 1.41. The van der Waals surface area contributed by atoms with E-state index in [0.29, 0.717) is 24.3 Å². The van der Waals surface area contributed by atoms with E-state index in [0.717, 1.165) is 37.6 Å². The van der Waals surface area contributed by atoms with E-state index in [2.05, 4.69) is 27.1 Å². The fourth-order valence-corrected chi connectivity index (χ4v) is 3.09. The fraction of sp³-hybridized carbons (Fsp3) is 0.409. The van der Waals surface area contributed by atoms with E-state index in [1.54, 1.807) is 30.5 Å². The highest BCUT2D eigenvalue weighted by Gasteiger charge is 2.15. The maximum absolute atomic E-state index is 12.0. The van der Waals surface area contributed by atoms with E-state index < -0.39 is 0 Å². The van der Waals surface area contributed by atoms with Crippen molar-refractivity contribution < 1.29 is 14.3 Å². The van der Waals surface area contributed by atoms with Crippen LogP contribution in [0.25, 0.3) is 0 Å². The highest BCUT2D eigenvalue weighted by Crippen LogP contribution is 2.14. The van der Waals surface area contributed by atoms with Crippen LogP contribution in [0, 0.1) is 0 Å². The minimum absolute atomic E-state index is 0.0755. The zero-order valence-electron chi connectivity index (χ0n) is 17.1. The van der Waals surface area contributed by atoms with Crippen molar-refractivity contribution in [1.82, 2.24) is 15.2 Å². The van der Waals surface area contributed by atoms with Crippen LogP contribution >= 0.6 is 0 Å². The third-order valence-corrected chi connectivity index (χ3v) is 4.99. The van der Waals surface area contributed by atoms with Gasteiger partial charge in [0.05, 0.1) is 0 Å². The van der Waals surface area contributed by atoms with Crippen molar-refractivity contribution in [2.24, 2.45) is 0 Å². The Balaban J connectivity index is 1.41. The van der Waals surface area contributed by atoms with E-state index in [-0.39, 0.29) is 18.3 Å². The molecule has 0 spiro atoms. The minimum atomic E-state index is -0.207. The summed E-state index contributed by atoms with van der Waals surface area (Å²) in [6.45, 7) is 6.19. The molecule has 0 saturated carbocycles. The molecular formula is C22H28N4O3. The summed E-state index contributed by atoms with van der Waals surface area (Å²) in [6.07, 6.45) is 2.27. The Kier molecular flexibility index (Phi) is 7.19. The van der Waals surface area contributed by atoms with Crippen LogP contribution in [0.3, 0.4) is 0 Å². The number of rotatable bonds is 8. The lowest BCUT2D eigenvalue weighted by Gasteiger charge is -2.33. The molecular weight excluding hydrogens is 368 g/mol. The van der Waals surface area contributed by atoms with Gasteiger partial charge in [0, 0.05) is 50.9 Å². The second-order valence-corrected chi connectivity index (χ2v) is 7.18. The van der Waals surface area contributed by atoms with E-state index in [1.165, 1.54) is 0 Å². The van der Waals surface area contributed by atoms with Gasteiger partial charge in [-0.15, -0.1) is 0 Å². The van der Waals surface area contributed by atoms with Gasteiger partial charge in [0.2, 0.25) is 0 Å². The fourth-order valence-electron chi connectivity index (χ4n) is 3.09. The van der Waals surface area contributed by atoms with E-state index in [4.69, 9.17) is 4.74 Å². The summed E-state index contributed by atoms with van der Waals surface area (Å²) < 4.78 is 5.48. The number of carbonyl (C=O) groups excluding carboxylic acids is 2. The van der Waals surface area contributed by atoms with Crippen molar-refractivity contribution in [2.45, 2.75) is 19.9 Å². The van der Waals surface area contributed by atoms with Gasteiger partial charge in [-0.25, -0.2) is 4.98 Å². The molecule has 3 rings (SSSR count). The molecule has 7 heteroatoms. The lowest BCUT2D eigenvalue weighted by molar-refractivity contribution is -0.123. The molecule has 1 aromatic carbocycles. The van der Waals surface area contributed by atoms with Crippen molar-refractivity contribution in [3.8, 4) is 5.75 Å². The van der Waals surface area contributed by atoms with Gasteiger partial charge in [-0.1, -0.05) is 13.0 Å². The maximum Gasteiger partial charge on any atom is 0.258 e. The van der Waals surface area contributed by atoms with E-state index in [9.17, 15) is 9.59 Å². The number of Topliss-reactive ketones (excluding diaryl/α,β-unsaturated/α-hetero) is 1. The van der Waals surface area contributed by atoms with E-state index >= 15 is 0 Å². The molecule has 1 saturated heterocycles. The Morgan fingerprint density at radius 2 is 1.79 bits per heavy atom. The standard InChI is InChI=1S/C22H28N4O3/c1-3-20(27)18-5-7-19(8-6-18)29-16-22(28)24-15-17-4-9-21(23-14-17)26-12-10-25(2)11-13-26/h4-9,14H,3,10-13,15-16H2,1-2H3,(H,24,28). The lowest BCUT2D eigenvalue weighted by atomic mass is 10.1. The number of anilines is 1. The molecule has 2 heterocycles. The molecule has 154 valence electrons. The van der Waals surface area contributed by atoms with Gasteiger partial charge in [-0.05, 0) is 42.9 Å². The predicted molar refractivity (Wildman–Crippen MR) is 112 cm³/mol. The Labute approximate surface area is 171 Å². The molecule has 0 radical (unpaired) electrons. The van der Waals surface area contributed by atoms with Gasteiger partial charge in [-0.3, -0.25) is 9.59 Å². The minimum Gasteiger partial charge on any atom is -0.484 e. The van der Waals surface area contributed by atoms with Gasteiger partial charge >= 0.3 is 0 Å². The number of carbonyl (C=O) groups is 2. The number of nitrogens with zero attached hydrogens (tertiary/aromatic N) is 3. The number of likely N-dealkylation sites (N-methyl/N-ethyl adjacent to an activating group) is 1. The predicted octanol–water partition coefficient (Wildman–Crippen LogP) is 2.12. The Morgan fingerprint density at radius 1 is 1.07 bits per heavy atom. The number of aromatic nitrogens is 1. The van der Waals surface area contributed by atoms with Crippen molar-refractivity contribution in [3.05, 3.63) is 53.7 Å². The molecule has 0 atom stereocenters. The molecule has 1 aromatic heterocycles. The van der Waals surface area contributed by atoms with Gasteiger partial charge in [0.15, 0.2) is 12.4 Å². The number of hydrogen-bond donors (Lipinski definition) is 1. The number of pyridine rings is 1.